The molecule has 0 spiro atoms. The molecule has 4 rings (SSSR count). The van der Waals surface area contributed by atoms with Crippen molar-refractivity contribution in [2.24, 2.45) is 5.92 Å². The summed E-state index contributed by atoms with van der Waals surface area (Å²) in [6.07, 6.45) is 4.34. The maximum Gasteiger partial charge on any atom is 0.303 e. The zero-order valence-corrected chi connectivity index (χ0v) is 19.1. The average molecular weight is 459 g/mol. The van der Waals surface area contributed by atoms with Gasteiger partial charge in [0, 0.05) is 30.6 Å². The lowest BCUT2D eigenvalue weighted by Gasteiger charge is -2.28. The Balaban J connectivity index is 1.21. The third-order valence-electron chi connectivity index (χ3n) is 6.63. The van der Waals surface area contributed by atoms with Gasteiger partial charge in [0.05, 0.1) is 0 Å². The van der Waals surface area contributed by atoms with E-state index in [1.54, 1.807) is 6.07 Å². The molecule has 176 valence electrons. The van der Waals surface area contributed by atoms with Crippen LogP contribution in [0.5, 0.6) is 0 Å². The number of carbonyl (C=O) groups is 3. The summed E-state index contributed by atoms with van der Waals surface area (Å²) in [7, 11) is 0. The number of carboxylic acid groups (broad SMARTS) is 1. The van der Waals surface area contributed by atoms with E-state index in [1.807, 2.05) is 60.7 Å². The van der Waals surface area contributed by atoms with Gasteiger partial charge in [-0.25, -0.2) is 0 Å². The monoisotopic (exact) mass is 458 g/mol. The van der Waals surface area contributed by atoms with Gasteiger partial charge in [0.25, 0.3) is 5.91 Å². The minimum Gasteiger partial charge on any atom is -0.481 e. The standard InChI is InChI=1S/C28H30N2O4/c31-26(15-16-29-28(34)24-10-9-20-3-1-2-4-23(20)18-24)30-25-13-11-22(12-14-25)21-7-5-19(6-8-21)17-27(32)33/h1-4,9-14,18-19,21H,5-8,15-17H2,(H,29,34)(H,30,31)(H,32,33). The fourth-order valence-electron chi connectivity index (χ4n) is 4.73. The first-order valence-corrected chi connectivity index (χ1v) is 11.9. The van der Waals surface area contributed by atoms with Crippen molar-refractivity contribution in [3.63, 3.8) is 0 Å². The van der Waals surface area contributed by atoms with Crippen molar-refractivity contribution in [2.45, 2.75) is 44.4 Å². The van der Waals surface area contributed by atoms with Crippen LogP contribution < -0.4 is 10.6 Å². The van der Waals surface area contributed by atoms with Gasteiger partial charge in [0.1, 0.15) is 0 Å². The highest BCUT2D eigenvalue weighted by Crippen LogP contribution is 2.37. The Morgan fingerprint density at radius 3 is 2.26 bits per heavy atom. The molecule has 3 aromatic rings. The minimum absolute atomic E-state index is 0.152. The van der Waals surface area contributed by atoms with Crippen LogP contribution in [0.25, 0.3) is 10.8 Å². The number of aliphatic carboxylic acids is 1. The van der Waals surface area contributed by atoms with Gasteiger partial charge >= 0.3 is 5.97 Å². The molecule has 6 heteroatoms. The molecule has 0 radical (unpaired) electrons. The molecule has 0 aromatic heterocycles. The SMILES string of the molecule is O=C(O)CC1CCC(c2ccc(NC(=O)CCNC(=O)c3ccc4ccccc4c3)cc2)CC1. The molecular formula is C28H30N2O4. The van der Waals surface area contributed by atoms with Gasteiger partial charge in [-0.3, -0.25) is 14.4 Å². The number of hydrogen-bond donors (Lipinski definition) is 3. The molecule has 2 amide bonds. The zero-order valence-electron chi connectivity index (χ0n) is 19.1. The maximum absolute atomic E-state index is 12.4. The van der Waals surface area contributed by atoms with Gasteiger partial charge in [0.15, 0.2) is 0 Å². The predicted molar refractivity (Wildman–Crippen MR) is 133 cm³/mol. The normalized spacial score (nSPS) is 17.8. The van der Waals surface area contributed by atoms with Crippen LogP contribution in [0.1, 0.15) is 60.4 Å². The van der Waals surface area contributed by atoms with E-state index >= 15 is 0 Å². The van der Waals surface area contributed by atoms with E-state index in [-0.39, 0.29) is 37.1 Å². The minimum atomic E-state index is -0.711. The van der Waals surface area contributed by atoms with Gasteiger partial charge in [-0.1, -0.05) is 42.5 Å². The summed E-state index contributed by atoms with van der Waals surface area (Å²) in [5.74, 6) is -0.326. The summed E-state index contributed by atoms with van der Waals surface area (Å²) in [5, 5.41) is 16.7. The number of carbonyl (C=O) groups excluding carboxylic acids is 2. The second-order valence-corrected chi connectivity index (χ2v) is 9.05. The van der Waals surface area contributed by atoms with Crippen LogP contribution in [0.15, 0.2) is 66.7 Å². The van der Waals surface area contributed by atoms with Crippen LogP contribution in [0.2, 0.25) is 0 Å². The molecule has 1 fully saturated rings. The van der Waals surface area contributed by atoms with E-state index in [2.05, 4.69) is 10.6 Å². The van der Waals surface area contributed by atoms with E-state index in [9.17, 15) is 14.4 Å². The molecule has 6 nitrogen and oxygen atoms in total. The van der Waals surface area contributed by atoms with Gasteiger partial charge in [-0.15, -0.1) is 0 Å². The largest absolute Gasteiger partial charge is 0.481 e. The van der Waals surface area contributed by atoms with Gasteiger partial charge in [-0.05, 0) is 78.1 Å². The van der Waals surface area contributed by atoms with Crippen LogP contribution in [-0.2, 0) is 9.59 Å². The molecule has 0 unspecified atom stereocenters. The summed E-state index contributed by atoms with van der Waals surface area (Å²) < 4.78 is 0. The van der Waals surface area contributed by atoms with Crippen LogP contribution in [0.3, 0.4) is 0 Å². The Hall–Kier alpha value is -3.67. The third-order valence-corrected chi connectivity index (χ3v) is 6.63. The Kier molecular flexibility index (Phi) is 7.58. The number of carboxylic acids is 1. The number of rotatable bonds is 8. The Labute approximate surface area is 199 Å². The van der Waals surface area contributed by atoms with E-state index in [0.29, 0.717) is 11.5 Å². The Bertz CT molecular complexity index is 1160. The molecular weight excluding hydrogens is 428 g/mol. The van der Waals surface area contributed by atoms with Crippen molar-refractivity contribution < 1.29 is 19.5 Å². The molecule has 1 saturated carbocycles. The van der Waals surface area contributed by atoms with Crippen molar-refractivity contribution >= 4 is 34.2 Å². The van der Waals surface area contributed by atoms with E-state index in [1.165, 1.54) is 5.56 Å². The lowest BCUT2D eigenvalue weighted by Crippen LogP contribution is -2.27. The summed E-state index contributed by atoms with van der Waals surface area (Å²) in [5.41, 5.74) is 2.54. The second kappa shape index (κ2) is 11.0. The Morgan fingerprint density at radius 1 is 0.853 bits per heavy atom. The lowest BCUT2D eigenvalue weighted by atomic mass is 9.77. The first-order chi connectivity index (χ1) is 16.5. The van der Waals surface area contributed by atoms with Crippen LogP contribution in [-0.4, -0.2) is 29.4 Å². The van der Waals surface area contributed by atoms with Crippen molar-refractivity contribution in [2.75, 3.05) is 11.9 Å². The van der Waals surface area contributed by atoms with Gasteiger partial charge < -0.3 is 15.7 Å². The number of hydrogen-bond acceptors (Lipinski definition) is 3. The Morgan fingerprint density at radius 2 is 1.56 bits per heavy atom. The molecule has 0 aliphatic heterocycles. The number of amides is 2. The van der Waals surface area contributed by atoms with Crippen molar-refractivity contribution in [3.05, 3.63) is 77.9 Å². The molecule has 34 heavy (non-hydrogen) atoms. The third kappa shape index (κ3) is 6.22. The smallest absolute Gasteiger partial charge is 0.303 e. The van der Waals surface area contributed by atoms with E-state index in [0.717, 1.165) is 42.1 Å². The number of anilines is 1. The van der Waals surface area contributed by atoms with Crippen LogP contribution >= 0.6 is 0 Å². The van der Waals surface area contributed by atoms with Crippen molar-refractivity contribution in [3.8, 4) is 0 Å². The van der Waals surface area contributed by atoms with Gasteiger partial charge in [-0.2, -0.15) is 0 Å². The fraction of sp³-hybridized carbons (Fsp3) is 0.321. The zero-order chi connectivity index (χ0) is 23.9. The van der Waals surface area contributed by atoms with E-state index < -0.39 is 5.97 Å². The highest BCUT2D eigenvalue weighted by Gasteiger charge is 2.24. The molecule has 0 atom stereocenters. The number of fused-ring (bicyclic) bond motifs is 1. The molecule has 0 saturated heterocycles. The first kappa shape index (κ1) is 23.5. The van der Waals surface area contributed by atoms with Gasteiger partial charge in [0.2, 0.25) is 5.91 Å². The van der Waals surface area contributed by atoms with Crippen LogP contribution in [0.4, 0.5) is 5.69 Å². The maximum atomic E-state index is 12.4. The average Bonchev–Trinajstić information content (AvgIpc) is 2.84. The summed E-state index contributed by atoms with van der Waals surface area (Å²) in [6.45, 7) is 0.259. The summed E-state index contributed by atoms with van der Waals surface area (Å²) >= 11 is 0. The number of benzene rings is 3. The summed E-state index contributed by atoms with van der Waals surface area (Å²) in [6, 6.07) is 21.3. The van der Waals surface area contributed by atoms with Crippen molar-refractivity contribution in [1.82, 2.24) is 5.32 Å². The molecule has 3 N–H and O–H groups in total. The highest BCUT2D eigenvalue weighted by molar-refractivity contribution is 5.99. The van der Waals surface area contributed by atoms with Crippen molar-refractivity contribution in [1.29, 1.82) is 0 Å². The summed E-state index contributed by atoms with van der Waals surface area (Å²) in [4.78, 5) is 35.6. The molecule has 1 aliphatic rings. The van der Waals surface area contributed by atoms with E-state index in [4.69, 9.17) is 5.11 Å². The number of nitrogens with one attached hydrogen (secondary N) is 2. The first-order valence-electron chi connectivity index (χ1n) is 11.9. The second-order valence-electron chi connectivity index (χ2n) is 9.05. The predicted octanol–water partition coefficient (Wildman–Crippen LogP) is 5.35. The highest BCUT2D eigenvalue weighted by atomic mass is 16.4. The topological polar surface area (TPSA) is 95.5 Å². The van der Waals surface area contributed by atoms with Crippen LogP contribution in [0, 0.1) is 5.92 Å². The quantitative estimate of drug-likeness (QED) is 0.424. The molecule has 3 aromatic carbocycles. The lowest BCUT2D eigenvalue weighted by molar-refractivity contribution is -0.138. The fourth-order valence-corrected chi connectivity index (χ4v) is 4.73. The molecule has 0 bridgehead atoms. The molecule has 0 heterocycles. The molecule has 1 aliphatic carbocycles.